The van der Waals surface area contributed by atoms with Crippen molar-refractivity contribution in [3.63, 3.8) is 0 Å². The standard InChI is InChI=1S/C19H13ClN2O4/c20-14-4-1-12(2-5-14)16(23)10-22-19(24)8-6-15(21-22)13-3-7-17-18(9-13)26-11-25-17/h1-9H,10-11H2. The Morgan fingerprint density at radius 2 is 1.81 bits per heavy atom. The van der Waals surface area contributed by atoms with E-state index < -0.39 is 0 Å². The molecule has 0 amide bonds. The summed E-state index contributed by atoms with van der Waals surface area (Å²) in [6.07, 6.45) is 0. The molecule has 3 aromatic rings. The van der Waals surface area contributed by atoms with Gasteiger partial charge in [0, 0.05) is 22.2 Å². The number of carbonyl (C=O) groups excluding carboxylic acids is 1. The summed E-state index contributed by atoms with van der Waals surface area (Å²) in [7, 11) is 0. The molecular formula is C19H13ClN2O4. The fourth-order valence-electron chi connectivity index (χ4n) is 2.64. The van der Waals surface area contributed by atoms with Gasteiger partial charge in [-0.25, -0.2) is 4.68 Å². The average molecular weight is 369 g/mol. The molecule has 0 atom stereocenters. The van der Waals surface area contributed by atoms with Crippen LogP contribution in [0.3, 0.4) is 0 Å². The molecule has 26 heavy (non-hydrogen) atoms. The first kappa shape index (κ1) is 16.4. The first-order valence-corrected chi connectivity index (χ1v) is 8.25. The van der Waals surface area contributed by atoms with Crippen molar-refractivity contribution in [2.24, 2.45) is 0 Å². The zero-order chi connectivity index (χ0) is 18.1. The second-order valence-corrected chi connectivity index (χ2v) is 6.15. The fourth-order valence-corrected chi connectivity index (χ4v) is 2.76. The third-order valence-electron chi connectivity index (χ3n) is 3.99. The van der Waals surface area contributed by atoms with Gasteiger partial charge in [-0.3, -0.25) is 9.59 Å². The second kappa shape index (κ2) is 6.65. The first-order chi connectivity index (χ1) is 12.6. The van der Waals surface area contributed by atoms with Crippen LogP contribution in [-0.4, -0.2) is 22.4 Å². The van der Waals surface area contributed by atoms with Crippen molar-refractivity contribution in [2.75, 3.05) is 6.79 Å². The lowest BCUT2D eigenvalue weighted by Crippen LogP contribution is -2.26. The second-order valence-electron chi connectivity index (χ2n) is 5.71. The molecule has 130 valence electrons. The summed E-state index contributed by atoms with van der Waals surface area (Å²) < 4.78 is 11.8. The maximum absolute atomic E-state index is 12.4. The maximum Gasteiger partial charge on any atom is 0.267 e. The third kappa shape index (κ3) is 3.19. The summed E-state index contributed by atoms with van der Waals surface area (Å²) in [6, 6.07) is 14.9. The van der Waals surface area contributed by atoms with Gasteiger partial charge in [-0.2, -0.15) is 5.10 Å². The van der Waals surface area contributed by atoms with E-state index in [1.165, 1.54) is 6.07 Å². The van der Waals surface area contributed by atoms with E-state index in [0.29, 0.717) is 27.8 Å². The topological polar surface area (TPSA) is 70.4 Å². The normalized spacial score (nSPS) is 12.2. The van der Waals surface area contributed by atoms with Gasteiger partial charge in [-0.05, 0) is 48.5 Å². The van der Waals surface area contributed by atoms with E-state index >= 15 is 0 Å². The highest BCUT2D eigenvalue weighted by molar-refractivity contribution is 6.30. The summed E-state index contributed by atoms with van der Waals surface area (Å²) >= 11 is 5.83. The Morgan fingerprint density at radius 1 is 1.04 bits per heavy atom. The van der Waals surface area contributed by atoms with Gasteiger partial charge in [0.15, 0.2) is 17.3 Å². The summed E-state index contributed by atoms with van der Waals surface area (Å²) in [5, 5.41) is 4.86. The number of rotatable bonds is 4. The highest BCUT2D eigenvalue weighted by atomic mass is 35.5. The lowest BCUT2D eigenvalue weighted by molar-refractivity contribution is 0.0966. The smallest absolute Gasteiger partial charge is 0.267 e. The Labute approximate surface area is 153 Å². The largest absolute Gasteiger partial charge is 0.454 e. The molecule has 1 aromatic heterocycles. The lowest BCUT2D eigenvalue weighted by Gasteiger charge is -2.07. The number of ether oxygens (including phenoxy) is 2. The number of Topliss-reactive ketones (excluding diaryl/α,β-unsaturated/α-hetero) is 1. The van der Waals surface area contributed by atoms with E-state index in [1.54, 1.807) is 42.5 Å². The molecule has 0 radical (unpaired) electrons. The SMILES string of the molecule is O=C(Cn1nc(-c2ccc3c(c2)OCO3)ccc1=O)c1ccc(Cl)cc1. The van der Waals surface area contributed by atoms with Crippen molar-refractivity contribution in [1.29, 1.82) is 0 Å². The van der Waals surface area contributed by atoms with Gasteiger partial charge in [0.25, 0.3) is 5.56 Å². The van der Waals surface area contributed by atoms with Gasteiger partial charge >= 0.3 is 0 Å². The number of hydrogen-bond donors (Lipinski definition) is 0. The van der Waals surface area contributed by atoms with Crippen LogP contribution in [0.4, 0.5) is 0 Å². The number of aromatic nitrogens is 2. The van der Waals surface area contributed by atoms with Crippen molar-refractivity contribution in [3.05, 3.63) is 75.5 Å². The average Bonchev–Trinajstić information content (AvgIpc) is 3.12. The van der Waals surface area contributed by atoms with E-state index in [-0.39, 0.29) is 24.7 Å². The molecule has 0 saturated heterocycles. The van der Waals surface area contributed by atoms with Gasteiger partial charge in [0.05, 0.1) is 5.69 Å². The van der Waals surface area contributed by atoms with Gasteiger partial charge in [0.1, 0.15) is 6.54 Å². The number of nitrogens with zero attached hydrogens (tertiary/aromatic N) is 2. The minimum absolute atomic E-state index is 0.154. The Bertz CT molecular complexity index is 1040. The molecule has 0 N–H and O–H groups in total. The monoisotopic (exact) mass is 368 g/mol. The molecule has 6 nitrogen and oxygen atoms in total. The van der Waals surface area contributed by atoms with E-state index in [1.807, 2.05) is 6.07 Å². The summed E-state index contributed by atoms with van der Waals surface area (Å²) in [5.41, 5.74) is 1.45. The molecule has 0 unspecified atom stereocenters. The van der Waals surface area contributed by atoms with Gasteiger partial charge in [0.2, 0.25) is 6.79 Å². The van der Waals surface area contributed by atoms with Crippen LogP contribution in [0.5, 0.6) is 11.5 Å². The molecule has 7 heteroatoms. The van der Waals surface area contributed by atoms with E-state index in [9.17, 15) is 9.59 Å². The number of hydrogen-bond acceptors (Lipinski definition) is 5. The highest BCUT2D eigenvalue weighted by Gasteiger charge is 2.15. The van der Waals surface area contributed by atoms with E-state index in [2.05, 4.69) is 5.10 Å². The number of fused-ring (bicyclic) bond motifs is 1. The van der Waals surface area contributed by atoms with Crippen LogP contribution in [0.1, 0.15) is 10.4 Å². The summed E-state index contributed by atoms with van der Waals surface area (Å²) in [6.45, 7) is 0.0279. The molecule has 0 spiro atoms. The van der Waals surface area contributed by atoms with Crippen LogP contribution >= 0.6 is 11.6 Å². The Balaban J connectivity index is 1.63. The van der Waals surface area contributed by atoms with E-state index in [0.717, 1.165) is 10.2 Å². The predicted molar refractivity (Wildman–Crippen MR) is 95.8 cm³/mol. The van der Waals surface area contributed by atoms with Gasteiger partial charge in [-0.1, -0.05) is 11.6 Å². The number of halogens is 1. The molecule has 0 fully saturated rings. The molecule has 1 aliphatic heterocycles. The molecule has 2 heterocycles. The highest BCUT2D eigenvalue weighted by Crippen LogP contribution is 2.35. The molecule has 0 saturated carbocycles. The van der Waals surface area contributed by atoms with Crippen molar-refractivity contribution in [2.45, 2.75) is 6.54 Å². The van der Waals surface area contributed by atoms with Crippen LogP contribution in [0.25, 0.3) is 11.3 Å². The fraction of sp³-hybridized carbons (Fsp3) is 0.105. The number of ketones is 1. The molecule has 4 rings (SSSR count). The van der Waals surface area contributed by atoms with Gasteiger partial charge in [-0.15, -0.1) is 0 Å². The third-order valence-corrected chi connectivity index (χ3v) is 4.25. The van der Waals surface area contributed by atoms with Crippen LogP contribution < -0.4 is 15.0 Å². The minimum Gasteiger partial charge on any atom is -0.454 e. The molecule has 1 aliphatic rings. The zero-order valence-electron chi connectivity index (χ0n) is 13.5. The van der Waals surface area contributed by atoms with Crippen molar-refractivity contribution < 1.29 is 14.3 Å². The van der Waals surface area contributed by atoms with Crippen LogP contribution in [0.2, 0.25) is 5.02 Å². The number of benzene rings is 2. The summed E-state index contributed by atoms with van der Waals surface area (Å²) in [5.74, 6) is 1.07. The quantitative estimate of drug-likeness (QED) is 0.661. The Hall–Kier alpha value is -3.12. The molecular weight excluding hydrogens is 356 g/mol. The Kier molecular flexibility index (Phi) is 4.18. The van der Waals surface area contributed by atoms with Crippen molar-refractivity contribution >= 4 is 17.4 Å². The molecule has 0 aliphatic carbocycles. The van der Waals surface area contributed by atoms with Gasteiger partial charge < -0.3 is 9.47 Å². The lowest BCUT2D eigenvalue weighted by atomic mass is 10.1. The zero-order valence-corrected chi connectivity index (χ0v) is 14.3. The first-order valence-electron chi connectivity index (χ1n) is 7.87. The predicted octanol–water partition coefficient (Wildman–Crippen LogP) is 3.18. The summed E-state index contributed by atoms with van der Waals surface area (Å²) in [4.78, 5) is 24.5. The van der Waals surface area contributed by atoms with E-state index in [4.69, 9.17) is 21.1 Å². The molecule has 2 aromatic carbocycles. The minimum atomic E-state index is -0.350. The van der Waals surface area contributed by atoms with Crippen molar-refractivity contribution in [3.8, 4) is 22.8 Å². The maximum atomic E-state index is 12.4. The van der Waals surface area contributed by atoms with Crippen LogP contribution in [-0.2, 0) is 6.54 Å². The van der Waals surface area contributed by atoms with Crippen molar-refractivity contribution in [1.82, 2.24) is 9.78 Å². The Morgan fingerprint density at radius 3 is 2.62 bits per heavy atom. The number of carbonyl (C=O) groups is 1. The van der Waals surface area contributed by atoms with Crippen LogP contribution in [0, 0.1) is 0 Å². The van der Waals surface area contributed by atoms with Crippen LogP contribution in [0.15, 0.2) is 59.4 Å². The molecule has 0 bridgehead atoms.